The third kappa shape index (κ3) is 2.64. The molecule has 1 fully saturated rings. The molecule has 0 spiro atoms. The van der Waals surface area contributed by atoms with Crippen molar-refractivity contribution in [1.82, 2.24) is 5.32 Å². The monoisotopic (exact) mass is 214 g/mol. The molecule has 80 valence electrons. The highest BCUT2D eigenvalue weighted by atomic mass is 32.2. The highest BCUT2D eigenvalue weighted by Crippen LogP contribution is 2.17. The van der Waals surface area contributed by atoms with Gasteiger partial charge in [-0.15, -0.1) is 0 Å². The van der Waals surface area contributed by atoms with Crippen molar-refractivity contribution in [2.24, 2.45) is 4.99 Å². The number of amidine groups is 1. The van der Waals surface area contributed by atoms with Crippen molar-refractivity contribution in [3.05, 3.63) is 0 Å². The van der Waals surface area contributed by atoms with Gasteiger partial charge in [0.2, 0.25) is 0 Å². The zero-order chi connectivity index (χ0) is 9.80. The fourth-order valence-electron chi connectivity index (χ4n) is 1.87. The lowest BCUT2D eigenvalue weighted by Crippen LogP contribution is -2.42. The first kappa shape index (κ1) is 10.3. The van der Waals surface area contributed by atoms with E-state index in [4.69, 9.17) is 4.74 Å². The van der Waals surface area contributed by atoms with Crippen LogP contribution in [0.3, 0.4) is 0 Å². The summed E-state index contributed by atoms with van der Waals surface area (Å²) < 4.78 is 5.72. The SMILES string of the molecule is CC(NC1=NCCS1)C1CCCCO1. The minimum Gasteiger partial charge on any atom is -0.376 e. The number of hydrogen-bond acceptors (Lipinski definition) is 4. The molecule has 1 N–H and O–H groups in total. The lowest BCUT2D eigenvalue weighted by molar-refractivity contribution is 0.000284. The Morgan fingerprint density at radius 1 is 1.57 bits per heavy atom. The van der Waals surface area contributed by atoms with Crippen LogP contribution in [0.5, 0.6) is 0 Å². The second-order valence-corrected chi connectivity index (χ2v) is 4.96. The van der Waals surface area contributed by atoms with Crippen molar-refractivity contribution >= 4 is 16.9 Å². The molecule has 1 saturated heterocycles. The van der Waals surface area contributed by atoms with E-state index in [1.165, 1.54) is 19.3 Å². The Bertz CT molecular complexity index is 214. The summed E-state index contributed by atoms with van der Waals surface area (Å²) in [6.45, 7) is 4.08. The van der Waals surface area contributed by atoms with E-state index in [2.05, 4.69) is 17.2 Å². The van der Waals surface area contributed by atoms with Crippen LogP contribution < -0.4 is 5.32 Å². The van der Waals surface area contributed by atoms with Crippen molar-refractivity contribution in [3.8, 4) is 0 Å². The molecule has 0 bridgehead atoms. The van der Waals surface area contributed by atoms with E-state index in [1.54, 1.807) is 0 Å². The van der Waals surface area contributed by atoms with Crippen LogP contribution in [0.25, 0.3) is 0 Å². The summed E-state index contributed by atoms with van der Waals surface area (Å²) in [5.74, 6) is 1.13. The molecule has 3 nitrogen and oxygen atoms in total. The molecule has 0 aliphatic carbocycles. The molecule has 2 aliphatic rings. The number of nitrogens with one attached hydrogen (secondary N) is 1. The molecule has 2 rings (SSSR count). The first-order valence-electron chi connectivity index (χ1n) is 5.41. The average Bonchev–Trinajstić information content (AvgIpc) is 2.72. The normalized spacial score (nSPS) is 29.8. The Morgan fingerprint density at radius 3 is 3.14 bits per heavy atom. The first-order valence-corrected chi connectivity index (χ1v) is 6.40. The molecular weight excluding hydrogens is 196 g/mol. The lowest BCUT2D eigenvalue weighted by atomic mass is 10.0. The molecular formula is C10H18N2OS. The zero-order valence-electron chi connectivity index (χ0n) is 8.66. The summed E-state index contributed by atoms with van der Waals surface area (Å²) in [7, 11) is 0. The Labute approximate surface area is 89.7 Å². The summed E-state index contributed by atoms with van der Waals surface area (Å²) in [6.07, 6.45) is 4.09. The van der Waals surface area contributed by atoms with Crippen molar-refractivity contribution in [2.75, 3.05) is 18.9 Å². The van der Waals surface area contributed by atoms with Crippen LogP contribution >= 0.6 is 11.8 Å². The zero-order valence-corrected chi connectivity index (χ0v) is 9.48. The van der Waals surface area contributed by atoms with Gasteiger partial charge in [0.05, 0.1) is 18.7 Å². The average molecular weight is 214 g/mol. The predicted molar refractivity (Wildman–Crippen MR) is 60.9 cm³/mol. The number of rotatable bonds is 2. The number of aliphatic imine (C=N–C) groups is 1. The van der Waals surface area contributed by atoms with Gasteiger partial charge in [-0.2, -0.15) is 0 Å². The second-order valence-electron chi connectivity index (χ2n) is 3.87. The molecule has 0 aromatic rings. The standard InChI is InChI=1S/C10H18N2OS/c1-8(9-4-2-3-6-13-9)12-10-11-5-7-14-10/h8-9H,2-7H2,1H3,(H,11,12). The summed E-state index contributed by atoms with van der Waals surface area (Å²) >= 11 is 1.82. The topological polar surface area (TPSA) is 33.6 Å². The van der Waals surface area contributed by atoms with E-state index in [-0.39, 0.29) is 0 Å². The van der Waals surface area contributed by atoms with Gasteiger partial charge in [-0.25, -0.2) is 0 Å². The van der Waals surface area contributed by atoms with Crippen molar-refractivity contribution in [2.45, 2.75) is 38.3 Å². The van der Waals surface area contributed by atoms with Crippen molar-refractivity contribution in [3.63, 3.8) is 0 Å². The quantitative estimate of drug-likeness (QED) is 0.758. The predicted octanol–water partition coefficient (Wildman–Crippen LogP) is 1.64. The minimum absolute atomic E-state index is 0.382. The molecule has 2 atom stereocenters. The number of hydrogen-bond donors (Lipinski definition) is 1. The number of ether oxygens (including phenoxy) is 1. The first-order chi connectivity index (χ1) is 6.86. The fraction of sp³-hybridized carbons (Fsp3) is 0.900. The number of thioether (sulfide) groups is 1. The molecule has 0 aromatic heterocycles. The van der Waals surface area contributed by atoms with Crippen molar-refractivity contribution < 1.29 is 4.74 Å². The highest BCUT2D eigenvalue weighted by Gasteiger charge is 2.22. The van der Waals surface area contributed by atoms with Gasteiger partial charge in [0.25, 0.3) is 0 Å². The van der Waals surface area contributed by atoms with Gasteiger partial charge >= 0.3 is 0 Å². The minimum atomic E-state index is 0.382. The smallest absolute Gasteiger partial charge is 0.156 e. The summed E-state index contributed by atoms with van der Waals surface area (Å²) in [5.41, 5.74) is 0. The van der Waals surface area contributed by atoms with Gasteiger partial charge in [0.15, 0.2) is 5.17 Å². The molecule has 0 aromatic carbocycles. The van der Waals surface area contributed by atoms with E-state index in [0.29, 0.717) is 12.1 Å². The van der Waals surface area contributed by atoms with Crippen LogP contribution in [-0.2, 0) is 4.74 Å². The maximum Gasteiger partial charge on any atom is 0.156 e. The summed E-state index contributed by atoms with van der Waals surface area (Å²) in [6, 6.07) is 0.402. The van der Waals surface area contributed by atoms with Gasteiger partial charge in [-0.3, -0.25) is 4.99 Å². The Kier molecular flexibility index (Phi) is 3.70. The summed E-state index contributed by atoms with van der Waals surface area (Å²) in [4.78, 5) is 4.38. The molecule has 2 aliphatic heterocycles. The molecule has 14 heavy (non-hydrogen) atoms. The molecule has 2 unspecified atom stereocenters. The summed E-state index contributed by atoms with van der Waals surface area (Å²) in [5, 5.41) is 4.54. The molecule has 0 saturated carbocycles. The van der Waals surface area contributed by atoms with Crippen LogP contribution in [0.4, 0.5) is 0 Å². The van der Waals surface area contributed by atoms with Crippen LogP contribution in [0.15, 0.2) is 4.99 Å². The lowest BCUT2D eigenvalue weighted by Gasteiger charge is -2.28. The van der Waals surface area contributed by atoms with Gasteiger partial charge in [0, 0.05) is 12.4 Å². The third-order valence-electron chi connectivity index (χ3n) is 2.71. The van der Waals surface area contributed by atoms with Gasteiger partial charge < -0.3 is 10.1 Å². The van der Waals surface area contributed by atoms with Gasteiger partial charge in [0.1, 0.15) is 0 Å². The van der Waals surface area contributed by atoms with E-state index in [1.807, 2.05) is 11.8 Å². The highest BCUT2D eigenvalue weighted by molar-refractivity contribution is 8.14. The van der Waals surface area contributed by atoms with Gasteiger partial charge in [-0.05, 0) is 26.2 Å². The molecule has 0 radical (unpaired) electrons. The Balaban J connectivity index is 1.78. The van der Waals surface area contributed by atoms with Crippen LogP contribution in [0.2, 0.25) is 0 Å². The maximum atomic E-state index is 5.72. The van der Waals surface area contributed by atoms with Gasteiger partial charge in [-0.1, -0.05) is 11.8 Å². The van der Waals surface area contributed by atoms with Crippen LogP contribution in [-0.4, -0.2) is 36.2 Å². The Hall–Kier alpha value is -0.220. The maximum absolute atomic E-state index is 5.72. The Morgan fingerprint density at radius 2 is 2.50 bits per heavy atom. The van der Waals surface area contributed by atoms with E-state index >= 15 is 0 Å². The molecule has 2 heterocycles. The number of nitrogens with zero attached hydrogens (tertiary/aromatic N) is 1. The molecule has 0 amide bonds. The van der Waals surface area contributed by atoms with E-state index in [9.17, 15) is 0 Å². The van der Waals surface area contributed by atoms with Crippen molar-refractivity contribution in [1.29, 1.82) is 0 Å². The van der Waals surface area contributed by atoms with Crippen LogP contribution in [0.1, 0.15) is 26.2 Å². The largest absolute Gasteiger partial charge is 0.376 e. The third-order valence-corrected chi connectivity index (χ3v) is 3.62. The van der Waals surface area contributed by atoms with E-state index < -0.39 is 0 Å². The van der Waals surface area contributed by atoms with E-state index in [0.717, 1.165) is 24.1 Å². The second kappa shape index (κ2) is 5.03. The van der Waals surface area contributed by atoms with Crippen LogP contribution in [0, 0.1) is 0 Å². The molecule has 4 heteroatoms. The fourth-order valence-corrected chi connectivity index (χ4v) is 2.70.